The molecule has 5 heteroatoms. The van der Waals surface area contributed by atoms with Crippen molar-refractivity contribution in [3.05, 3.63) is 167 Å². The van der Waals surface area contributed by atoms with E-state index in [0.29, 0.717) is 0 Å². The molecule has 0 saturated carbocycles. The maximum Gasteiger partial charge on any atom is 0.333 e. The first-order valence-corrected chi connectivity index (χ1v) is 26.4. The van der Waals surface area contributed by atoms with Crippen molar-refractivity contribution in [1.82, 2.24) is 18.2 Å². The topological polar surface area (TPSA) is 19.7 Å². The van der Waals surface area contributed by atoms with Crippen molar-refractivity contribution in [2.75, 3.05) is 0 Å². The van der Waals surface area contributed by atoms with Crippen LogP contribution < -0.4 is 10.9 Å². The van der Waals surface area contributed by atoms with Crippen molar-refractivity contribution in [2.45, 2.75) is 111 Å². The van der Waals surface area contributed by atoms with Crippen LogP contribution in [0.1, 0.15) is 123 Å². The zero-order valence-corrected chi connectivity index (χ0v) is 43.6. The van der Waals surface area contributed by atoms with Crippen LogP contribution in [0.15, 0.2) is 133 Å². The Morgan fingerprint density at radius 3 is 1.50 bits per heavy atom. The summed E-state index contributed by atoms with van der Waals surface area (Å²) < 4.78 is 10.9. The largest absolute Gasteiger partial charge is 0.374 e. The second-order valence-electron chi connectivity index (χ2n) is 26.2. The number of rotatable bonds is 0. The molecule has 16 rings (SSSR count). The van der Waals surface area contributed by atoms with Crippen LogP contribution in [0.3, 0.4) is 0 Å². The Bertz CT molecular complexity index is 4260. The second-order valence-corrected chi connectivity index (χ2v) is 26.2. The van der Waals surface area contributed by atoms with Crippen LogP contribution in [-0.2, 0) is 21.7 Å². The molecule has 72 heavy (non-hydrogen) atoms. The van der Waals surface area contributed by atoms with Gasteiger partial charge in [0, 0.05) is 65.8 Å². The molecule has 350 valence electrons. The molecule has 4 nitrogen and oxygen atoms in total. The molecule has 12 aromatic rings. The maximum atomic E-state index is 2.84. The minimum absolute atomic E-state index is 0.0233. The fourth-order valence-electron chi connectivity index (χ4n) is 14.4. The van der Waals surface area contributed by atoms with Crippen molar-refractivity contribution in [3.63, 3.8) is 0 Å². The fraction of sp³-hybridized carbons (Fsp3) is 0.254. The summed E-state index contributed by atoms with van der Waals surface area (Å²) in [6, 6.07) is 53.4. The van der Waals surface area contributed by atoms with Gasteiger partial charge < -0.3 is 18.2 Å². The third kappa shape index (κ3) is 4.83. The van der Waals surface area contributed by atoms with Gasteiger partial charge >= 0.3 is 6.85 Å². The zero-order chi connectivity index (χ0) is 49.2. The fourth-order valence-corrected chi connectivity index (χ4v) is 14.4. The maximum absolute atomic E-state index is 2.84. The van der Waals surface area contributed by atoms with E-state index < -0.39 is 0 Å². The molecule has 1 unspecified atom stereocenters. The smallest absolute Gasteiger partial charge is 0.333 e. The van der Waals surface area contributed by atoms with E-state index in [1.54, 1.807) is 0 Å². The molecule has 1 atom stereocenters. The van der Waals surface area contributed by atoms with Crippen molar-refractivity contribution >= 4 is 94.2 Å². The molecule has 0 radical (unpaired) electrons. The summed E-state index contributed by atoms with van der Waals surface area (Å²) >= 11 is 0. The van der Waals surface area contributed by atoms with Crippen LogP contribution >= 0.6 is 0 Å². The summed E-state index contributed by atoms with van der Waals surface area (Å²) in [5, 5.41) is 8.05. The summed E-state index contributed by atoms with van der Waals surface area (Å²) in [6.45, 7) is 28.3. The van der Waals surface area contributed by atoms with Crippen LogP contribution in [-0.4, -0.2) is 25.0 Å². The highest BCUT2D eigenvalue weighted by molar-refractivity contribution is 6.90. The molecular formula is C67H59BN4. The summed E-state index contributed by atoms with van der Waals surface area (Å²) in [4.78, 5) is 0. The molecule has 0 saturated heterocycles. The number of fused-ring (bicyclic) bond motifs is 19. The van der Waals surface area contributed by atoms with E-state index in [1.165, 1.54) is 154 Å². The predicted molar refractivity (Wildman–Crippen MR) is 307 cm³/mol. The number of hydrogen-bond donors (Lipinski definition) is 0. The quantitative estimate of drug-likeness (QED) is 0.135. The summed E-state index contributed by atoms with van der Waals surface area (Å²) in [7, 11) is 0. The third-order valence-electron chi connectivity index (χ3n) is 17.9. The van der Waals surface area contributed by atoms with Gasteiger partial charge in [0.1, 0.15) is 0 Å². The highest BCUT2D eigenvalue weighted by Gasteiger charge is 2.46. The molecule has 0 N–H and O–H groups in total. The molecule has 0 bridgehead atoms. The Hall–Kier alpha value is -7.24. The lowest BCUT2D eigenvalue weighted by Crippen LogP contribution is -2.55. The van der Waals surface area contributed by atoms with Crippen LogP contribution in [0.4, 0.5) is 0 Å². The van der Waals surface area contributed by atoms with E-state index in [0.717, 1.165) is 0 Å². The highest BCUT2D eigenvalue weighted by atomic mass is 15.1. The Balaban J connectivity index is 1.08. The van der Waals surface area contributed by atoms with Gasteiger partial charge in [-0.1, -0.05) is 168 Å². The van der Waals surface area contributed by atoms with E-state index >= 15 is 0 Å². The van der Waals surface area contributed by atoms with E-state index in [4.69, 9.17) is 0 Å². The third-order valence-corrected chi connectivity index (χ3v) is 17.9. The van der Waals surface area contributed by atoms with Gasteiger partial charge in [0.25, 0.3) is 0 Å². The molecule has 0 spiro atoms. The molecule has 8 aromatic carbocycles. The van der Waals surface area contributed by atoms with E-state index in [-0.39, 0.29) is 34.5 Å². The van der Waals surface area contributed by atoms with Gasteiger partial charge in [0.05, 0.1) is 50.3 Å². The van der Waals surface area contributed by atoms with Gasteiger partial charge in [0.2, 0.25) is 0 Å². The van der Waals surface area contributed by atoms with E-state index in [1.807, 2.05) is 0 Å². The number of hydrogen-bond acceptors (Lipinski definition) is 0. The number of benzene rings is 8. The molecule has 0 fully saturated rings. The summed E-state index contributed by atoms with van der Waals surface area (Å²) in [5.41, 5.74) is 29.6. The highest BCUT2D eigenvalue weighted by Crippen LogP contribution is 2.57. The molecule has 0 aliphatic carbocycles. The normalized spacial score (nSPS) is 15.6. The molecule has 8 heterocycles. The lowest BCUT2D eigenvalue weighted by atomic mass is 9.45. The van der Waals surface area contributed by atoms with E-state index in [9.17, 15) is 0 Å². The lowest BCUT2D eigenvalue weighted by Gasteiger charge is -2.37. The van der Waals surface area contributed by atoms with Gasteiger partial charge in [-0.05, 0) is 114 Å². The van der Waals surface area contributed by atoms with Crippen LogP contribution in [0.25, 0.3) is 110 Å². The zero-order valence-electron chi connectivity index (χ0n) is 43.6. The van der Waals surface area contributed by atoms with Crippen LogP contribution in [0.5, 0.6) is 0 Å². The SMILES string of the molecule is CC(C)(C)c1ccc2c(c1)c1cc(C(C)(C)C)cc3c1n2-c1cccc2c1B3n1c3c-2cccc3c2c1c1cccc3c1n2C1c2c-3cccc2-n2c3ccc(C(C)(C)C)cc3c3cc(C(C)(C)C)cc1c32. The van der Waals surface area contributed by atoms with Gasteiger partial charge in [-0.2, -0.15) is 0 Å². The van der Waals surface area contributed by atoms with Crippen molar-refractivity contribution in [2.24, 2.45) is 0 Å². The molecule has 4 aliphatic rings. The van der Waals surface area contributed by atoms with Gasteiger partial charge in [-0.25, -0.2) is 0 Å². The average molecular weight is 931 g/mol. The Morgan fingerprint density at radius 1 is 0.375 bits per heavy atom. The minimum Gasteiger partial charge on any atom is -0.374 e. The molecule has 4 aliphatic heterocycles. The number of nitrogens with zero attached hydrogens (tertiary/aromatic N) is 4. The predicted octanol–water partition coefficient (Wildman–Crippen LogP) is 16.0. The summed E-state index contributed by atoms with van der Waals surface area (Å²) in [6.07, 6.45) is 0. The van der Waals surface area contributed by atoms with Crippen molar-refractivity contribution < 1.29 is 0 Å². The Morgan fingerprint density at radius 2 is 0.875 bits per heavy atom. The second kappa shape index (κ2) is 12.7. The first-order valence-electron chi connectivity index (χ1n) is 26.4. The molecule has 0 amide bonds. The standard InChI is InChI=1S/C67H59BN4/c1-64(2,3)35-25-27-51-45(29-35)47-31-37(66(7,8)9)33-49-58(47)69(51)53-23-15-17-39-41-19-13-21-43-57(41)71(61(49)55(39)53)62-44-22-14-20-42-40-18-16-24-54-56(40)68(72(59(42)44)63(43)62)50-34-38(67(10,11)12)32-48-46-30-36(65(4,5)6)26-28-52(46)70(54)60(48)50/h13-34,61H,1-12H3. The number of aromatic nitrogens is 4. The van der Waals surface area contributed by atoms with Crippen molar-refractivity contribution in [1.29, 1.82) is 0 Å². The minimum atomic E-state index is -0.0632. The van der Waals surface area contributed by atoms with Crippen molar-refractivity contribution in [3.8, 4) is 33.6 Å². The monoisotopic (exact) mass is 930 g/mol. The molecular weight excluding hydrogens is 872 g/mol. The van der Waals surface area contributed by atoms with Crippen LogP contribution in [0.2, 0.25) is 0 Å². The molecule has 4 aromatic heterocycles. The van der Waals surface area contributed by atoms with Gasteiger partial charge in [-0.3, -0.25) is 0 Å². The van der Waals surface area contributed by atoms with Gasteiger partial charge in [-0.15, -0.1) is 0 Å². The Kier molecular flexibility index (Phi) is 7.29. The van der Waals surface area contributed by atoms with Gasteiger partial charge in [0.15, 0.2) is 0 Å². The first kappa shape index (κ1) is 41.4. The van der Waals surface area contributed by atoms with E-state index in [2.05, 4.69) is 235 Å². The summed E-state index contributed by atoms with van der Waals surface area (Å²) in [5.74, 6) is 0. The Labute approximate surface area is 421 Å². The first-order chi connectivity index (χ1) is 34.3. The van der Waals surface area contributed by atoms with Crippen LogP contribution in [0, 0.1) is 0 Å². The average Bonchev–Trinajstić information content (AvgIpc) is 4.07. The lowest BCUT2D eigenvalue weighted by molar-refractivity contribution is 0.588. The number of para-hydroxylation sites is 2.